The molecule has 1 heterocycles. The highest BCUT2D eigenvalue weighted by Gasteiger charge is 2.36. The van der Waals surface area contributed by atoms with Gasteiger partial charge in [-0.3, -0.25) is 4.90 Å². The number of nitrogens with zero attached hydrogens (tertiary/aromatic N) is 1. The Morgan fingerprint density at radius 3 is 2.88 bits per heavy atom. The van der Waals surface area contributed by atoms with Gasteiger partial charge >= 0.3 is 0 Å². The summed E-state index contributed by atoms with van der Waals surface area (Å²) in [5.74, 6) is 0. The van der Waals surface area contributed by atoms with Crippen LogP contribution in [-0.4, -0.2) is 42.8 Å². The van der Waals surface area contributed by atoms with Crippen molar-refractivity contribution in [3.63, 3.8) is 0 Å². The number of ether oxygens (including phenoxy) is 1. The molecule has 0 aromatic carbocycles. The fourth-order valence-electron chi connectivity index (χ4n) is 3.30. The van der Waals surface area contributed by atoms with Crippen molar-refractivity contribution >= 4 is 0 Å². The van der Waals surface area contributed by atoms with Gasteiger partial charge in [0.15, 0.2) is 0 Å². The van der Waals surface area contributed by atoms with Gasteiger partial charge in [0.1, 0.15) is 0 Å². The molecule has 3 unspecified atom stereocenters. The molecular weight excluding hydrogens is 212 g/mol. The topological polar surface area (TPSA) is 38.5 Å². The fraction of sp³-hybridized carbons (Fsp3) is 1.00. The standard InChI is InChI=1S/C14H28N2O/c1-11-10-16(7-4-8-17-11)13-9-14(2,3)6-5-12(13)15/h11-13H,4-10,15H2,1-3H3. The van der Waals surface area contributed by atoms with Gasteiger partial charge in [0.2, 0.25) is 0 Å². The van der Waals surface area contributed by atoms with Crippen LogP contribution < -0.4 is 5.73 Å². The van der Waals surface area contributed by atoms with Gasteiger partial charge in [-0.15, -0.1) is 0 Å². The van der Waals surface area contributed by atoms with Gasteiger partial charge in [-0.25, -0.2) is 0 Å². The first-order valence-electron chi connectivity index (χ1n) is 7.09. The molecule has 0 spiro atoms. The van der Waals surface area contributed by atoms with E-state index in [4.69, 9.17) is 10.5 Å². The van der Waals surface area contributed by atoms with Crippen LogP contribution in [0.3, 0.4) is 0 Å². The number of hydrogen-bond donors (Lipinski definition) is 1. The van der Waals surface area contributed by atoms with Gasteiger partial charge < -0.3 is 10.5 Å². The predicted molar refractivity (Wildman–Crippen MR) is 71.0 cm³/mol. The van der Waals surface area contributed by atoms with E-state index in [2.05, 4.69) is 25.7 Å². The van der Waals surface area contributed by atoms with Crippen LogP contribution in [0.15, 0.2) is 0 Å². The van der Waals surface area contributed by atoms with E-state index >= 15 is 0 Å². The normalized spacial score (nSPS) is 39.9. The van der Waals surface area contributed by atoms with Crippen molar-refractivity contribution in [1.29, 1.82) is 0 Å². The molecule has 1 aliphatic carbocycles. The maximum atomic E-state index is 6.34. The Morgan fingerprint density at radius 2 is 2.12 bits per heavy atom. The molecule has 3 nitrogen and oxygen atoms in total. The van der Waals surface area contributed by atoms with Crippen molar-refractivity contribution in [2.75, 3.05) is 19.7 Å². The minimum atomic E-state index is 0.355. The molecule has 17 heavy (non-hydrogen) atoms. The summed E-state index contributed by atoms with van der Waals surface area (Å²) in [4.78, 5) is 2.59. The molecule has 3 atom stereocenters. The van der Waals surface area contributed by atoms with Gasteiger partial charge in [0.05, 0.1) is 6.10 Å². The van der Waals surface area contributed by atoms with Crippen molar-refractivity contribution in [2.24, 2.45) is 11.1 Å². The number of rotatable bonds is 1. The average Bonchev–Trinajstić information content (AvgIpc) is 2.47. The van der Waals surface area contributed by atoms with Gasteiger partial charge in [-0.2, -0.15) is 0 Å². The smallest absolute Gasteiger partial charge is 0.0674 e. The Bertz CT molecular complexity index is 255. The second-order valence-electron chi connectivity index (χ2n) is 6.67. The highest BCUT2D eigenvalue weighted by molar-refractivity contribution is 4.93. The Hall–Kier alpha value is -0.120. The van der Waals surface area contributed by atoms with Crippen LogP contribution in [0.2, 0.25) is 0 Å². The summed E-state index contributed by atoms with van der Waals surface area (Å²) in [5, 5.41) is 0. The monoisotopic (exact) mass is 240 g/mol. The third kappa shape index (κ3) is 3.43. The van der Waals surface area contributed by atoms with Crippen LogP contribution in [0.4, 0.5) is 0 Å². The minimum Gasteiger partial charge on any atom is -0.377 e. The molecular formula is C14H28N2O. The molecule has 3 heteroatoms. The largest absolute Gasteiger partial charge is 0.377 e. The van der Waals surface area contributed by atoms with Crippen LogP contribution in [0.1, 0.15) is 46.5 Å². The molecule has 2 N–H and O–H groups in total. The summed E-state index contributed by atoms with van der Waals surface area (Å²) in [7, 11) is 0. The van der Waals surface area contributed by atoms with Crippen molar-refractivity contribution in [2.45, 2.75) is 64.6 Å². The van der Waals surface area contributed by atoms with Crippen LogP contribution in [0, 0.1) is 5.41 Å². The lowest BCUT2D eigenvalue weighted by Crippen LogP contribution is -2.54. The van der Waals surface area contributed by atoms with Crippen molar-refractivity contribution < 1.29 is 4.74 Å². The first kappa shape index (κ1) is 13.3. The molecule has 0 radical (unpaired) electrons. The fourth-order valence-corrected chi connectivity index (χ4v) is 3.30. The molecule has 0 aromatic heterocycles. The lowest BCUT2D eigenvalue weighted by molar-refractivity contribution is 0.0382. The summed E-state index contributed by atoms with van der Waals surface area (Å²) in [6.45, 7) is 10.0. The number of nitrogens with two attached hydrogens (primary N) is 1. The summed E-state index contributed by atoms with van der Waals surface area (Å²) in [6, 6.07) is 0.913. The van der Waals surface area contributed by atoms with Crippen LogP contribution >= 0.6 is 0 Å². The zero-order valence-electron chi connectivity index (χ0n) is 11.6. The van der Waals surface area contributed by atoms with E-state index in [0.29, 0.717) is 23.6 Å². The number of hydrogen-bond acceptors (Lipinski definition) is 3. The van der Waals surface area contributed by atoms with E-state index in [1.54, 1.807) is 0 Å². The second kappa shape index (κ2) is 5.25. The lowest BCUT2D eigenvalue weighted by Gasteiger charge is -2.44. The summed E-state index contributed by atoms with van der Waals surface area (Å²) in [6.07, 6.45) is 5.18. The second-order valence-corrected chi connectivity index (χ2v) is 6.67. The van der Waals surface area contributed by atoms with E-state index in [-0.39, 0.29) is 0 Å². The third-order valence-corrected chi connectivity index (χ3v) is 4.36. The quantitative estimate of drug-likeness (QED) is 0.762. The third-order valence-electron chi connectivity index (χ3n) is 4.36. The molecule has 0 bridgehead atoms. The maximum absolute atomic E-state index is 6.34. The molecule has 1 aliphatic heterocycles. The molecule has 2 rings (SSSR count). The Labute approximate surface area is 106 Å². The molecule has 2 aliphatic rings. The van der Waals surface area contributed by atoms with E-state index in [0.717, 1.165) is 26.1 Å². The maximum Gasteiger partial charge on any atom is 0.0674 e. The Balaban J connectivity index is 2.02. The van der Waals surface area contributed by atoms with Crippen molar-refractivity contribution in [3.05, 3.63) is 0 Å². The van der Waals surface area contributed by atoms with Gasteiger partial charge in [0, 0.05) is 31.8 Å². The van der Waals surface area contributed by atoms with E-state index < -0.39 is 0 Å². The average molecular weight is 240 g/mol. The molecule has 0 amide bonds. The molecule has 1 saturated carbocycles. The highest BCUT2D eigenvalue weighted by Crippen LogP contribution is 2.37. The SMILES string of the molecule is CC1CN(C2CC(C)(C)CCC2N)CCCO1. The molecule has 100 valence electrons. The zero-order valence-corrected chi connectivity index (χ0v) is 11.6. The Kier molecular flexibility index (Phi) is 4.11. The Morgan fingerprint density at radius 1 is 1.35 bits per heavy atom. The van der Waals surface area contributed by atoms with Gasteiger partial charge in [-0.05, 0) is 38.0 Å². The lowest BCUT2D eigenvalue weighted by atomic mass is 9.72. The predicted octanol–water partition coefficient (Wildman–Crippen LogP) is 2.00. The molecule has 0 aromatic rings. The van der Waals surface area contributed by atoms with E-state index in [9.17, 15) is 0 Å². The van der Waals surface area contributed by atoms with Crippen molar-refractivity contribution in [1.82, 2.24) is 4.90 Å². The minimum absolute atomic E-state index is 0.355. The highest BCUT2D eigenvalue weighted by atomic mass is 16.5. The summed E-state index contributed by atoms with van der Waals surface area (Å²) >= 11 is 0. The van der Waals surface area contributed by atoms with Crippen LogP contribution in [0.5, 0.6) is 0 Å². The summed E-state index contributed by atoms with van der Waals surface area (Å²) < 4.78 is 5.73. The van der Waals surface area contributed by atoms with Crippen LogP contribution in [0.25, 0.3) is 0 Å². The van der Waals surface area contributed by atoms with Crippen LogP contribution in [-0.2, 0) is 4.74 Å². The van der Waals surface area contributed by atoms with Gasteiger partial charge in [0.25, 0.3) is 0 Å². The first-order chi connectivity index (χ1) is 7.98. The molecule has 1 saturated heterocycles. The first-order valence-corrected chi connectivity index (χ1v) is 7.09. The van der Waals surface area contributed by atoms with Gasteiger partial charge in [-0.1, -0.05) is 13.8 Å². The summed E-state index contributed by atoms with van der Waals surface area (Å²) in [5.41, 5.74) is 6.80. The van der Waals surface area contributed by atoms with E-state index in [1.165, 1.54) is 19.3 Å². The van der Waals surface area contributed by atoms with E-state index in [1.807, 2.05) is 0 Å². The zero-order chi connectivity index (χ0) is 12.5. The van der Waals surface area contributed by atoms with Crippen molar-refractivity contribution in [3.8, 4) is 0 Å². The molecule has 2 fully saturated rings.